The van der Waals surface area contributed by atoms with Gasteiger partial charge in [-0.05, 0) is 66.6 Å². The van der Waals surface area contributed by atoms with Gasteiger partial charge in [0.2, 0.25) is 0 Å². The van der Waals surface area contributed by atoms with Gasteiger partial charge in [0.25, 0.3) is 5.91 Å². The predicted octanol–water partition coefficient (Wildman–Crippen LogP) is 6.07. The lowest BCUT2D eigenvalue weighted by atomic mass is 10.1. The van der Waals surface area contributed by atoms with E-state index in [0.717, 1.165) is 39.4 Å². The maximum atomic E-state index is 12.6. The molecule has 0 saturated carbocycles. The molecule has 1 N–H and O–H groups in total. The molecule has 5 rings (SSSR count). The summed E-state index contributed by atoms with van der Waals surface area (Å²) in [5.74, 6) is 2.06. The molecule has 5 aromatic rings. The summed E-state index contributed by atoms with van der Waals surface area (Å²) in [6, 6.07) is 33.2. The number of amides is 1. The van der Waals surface area contributed by atoms with E-state index >= 15 is 0 Å². The Hall–Kier alpha value is -4.89. The van der Waals surface area contributed by atoms with Crippen LogP contribution >= 0.6 is 11.8 Å². The Labute approximate surface area is 243 Å². The topological polar surface area (TPSA) is 90.6 Å². The van der Waals surface area contributed by atoms with Crippen LogP contribution in [0.2, 0.25) is 0 Å². The van der Waals surface area contributed by atoms with E-state index in [1.165, 1.54) is 11.8 Å². The van der Waals surface area contributed by atoms with Crippen molar-refractivity contribution in [2.24, 2.45) is 5.10 Å². The minimum Gasteiger partial charge on any atom is -0.497 e. The molecule has 0 fully saturated rings. The van der Waals surface area contributed by atoms with Crippen LogP contribution in [0.1, 0.15) is 16.7 Å². The molecule has 4 aromatic carbocycles. The van der Waals surface area contributed by atoms with Gasteiger partial charge in [-0.3, -0.25) is 9.36 Å². The molecular weight excluding hydrogens is 534 g/mol. The number of benzene rings is 4. The molecule has 0 aliphatic rings. The van der Waals surface area contributed by atoms with Crippen LogP contribution in [0, 0.1) is 6.92 Å². The number of thioether (sulfide) groups is 1. The molecule has 0 unspecified atom stereocenters. The van der Waals surface area contributed by atoms with Gasteiger partial charge in [0.05, 0.1) is 19.1 Å². The van der Waals surface area contributed by atoms with Crippen LogP contribution < -0.4 is 14.9 Å². The summed E-state index contributed by atoms with van der Waals surface area (Å²) in [4.78, 5) is 12.6. The second-order valence-electron chi connectivity index (χ2n) is 9.13. The van der Waals surface area contributed by atoms with Crippen LogP contribution in [0.3, 0.4) is 0 Å². The highest BCUT2D eigenvalue weighted by Crippen LogP contribution is 2.29. The molecule has 9 heteroatoms. The molecule has 1 heterocycles. The van der Waals surface area contributed by atoms with E-state index in [0.29, 0.717) is 17.6 Å². The van der Waals surface area contributed by atoms with Gasteiger partial charge < -0.3 is 9.47 Å². The van der Waals surface area contributed by atoms with Crippen molar-refractivity contribution in [3.05, 3.63) is 120 Å². The van der Waals surface area contributed by atoms with Crippen molar-refractivity contribution < 1.29 is 14.3 Å². The van der Waals surface area contributed by atoms with E-state index in [-0.39, 0.29) is 11.7 Å². The third-order valence-electron chi connectivity index (χ3n) is 6.14. The van der Waals surface area contributed by atoms with Crippen LogP contribution in [0.4, 0.5) is 0 Å². The highest BCUT2D eigenvalue weighted by molar-refractivity contribution is 7.99. The summed E-state index contributed by atoms with van der Waals surface area (Å²) in [7, 11) is 1.63. The zero-order chi connectivity index (χ0) is 28.4. The van der Waals surface area contributed by atoms with Gasteiger partial charge >= 0.3 is 0 Å². The number of aryl methyl sites for hydroxylation is 1. The number of carbonyl (C=O) groups is 1. The molecule has 0 spiro atoms. The van der Waals surface area contributed by atoms with E-state index in [1.54, 1.807) is 13.3 Å². The van der Waals surface area contributed by atoms with Gasteiger partial charge in [0.1, 0.15) is 18.1 Å². The summed E-state index contributed by atoms with van der Waals surface area (Å²) >= 11 is 1.29. The molecule has 0 saturated heterocycles. The Balaban J connectivity index is 1.20. The molecule has 8 nitrogen and oxygen atoms in total. The fourth-order valence-electron chi connectivity index (χ4n) is 3.95. The molecule has 41 heavy (non-hydrogen) atoms. The van der Waals surface area contributed by atoms with Gasteiger partial charge in [-0.25, -0.2) is 5.43 Å². The third kappa shape index (κ3) is 7.40. The molecule has 1 aromatic heterocycles. The van der Waals surface area contributed by atoms with E-state index in [2.05, 4.69) is 20.7 Å². The summed E-state index contributed by atoms with van der Waals surface area (Å²) in [6.45, 7) is 2.54. The van der Waals surface area contributed by atoms with Crippen molar-refractivity contribution in [2.75, 3.05) is 12.9 Å². The minimum atomic E-state index is -0.254. The van der Waals surface area contributed by atoms with Gasteiger partial charge in [0, 0.05) is 11.3 Å². The number of nitrogens with one attached hydrogen (secondary N) is 1. The Morgan fingerprint density at radius 3 is 2.32 bits per heavy atom. The van der Waals surface area contributed by atoms with E-state index in [4.69, 9.17) is 9.47 Å². The lowest BCUT2D eigenvalue weighted by Crippen LogP contribution is -2.20. The number of aromatic nitrogens is 3. The predicted molar refractivity (Wildman–Crippen MR) is 162 cm³/mol. The highest BCUT2D eigenvalue weighted by Gasteiger charge is 2.17. The van der Waals surface area contributed by atoms with E-state index < -0.39 is 0 Å². The fraction of sp³-hybridized carbons (Fsp3) is 0.125. The Morgan fingerprint density at radius 2 is 1.61 bits per heavy atom. The highest BCUT2D eigenvalue weighted by atomic mass is 32.2. The number of carbonyl (C=O) groups excluding carboxylic acids is 1. The van der Waals surface area contributed by atoms with Crippen LogP contribution in [0.5, 0.6) is 11.5 Å². The lowest BCUT2D eigenvalue weighted by molar-refractivity contribution is -0.118. The number of hydrogen-bond donors (Lipinski definition) is 1. The standard InChI is InChI=1S/C32H29N5O3S/c1-23-8-12-26(13-9-23)31-35-36-32(37(31)27-14-18-28(39-2)19-15-27)41-22-30(38)34-33-20-24-10-16-29(17-11-24)40-21-25-6-4-3-5-7-25/h3-20H,21-22H2,1-2H3,(H,34,38)/b33-20+. The normalized spacial score (nSPS) is 11.0. The number of nitrogens with zero attached hydrogens (tertiary/aromatic N) is 4. The van der Waals surface area contributed by atoms with Crippen LogP contribution in [0.25, 0.3) is 17.1 Å². The molecular formula is C32H29N5O3S. The number of methoxy groups -OCH3 is 1. The van der Waals surface area contributed by atoms with Crippen LogP contribution in [-0.2, 0) is 11.4 Å². The van der Waals surface area contributed by atoms with Crippen molar-refractivity contribution in [1.29, 1.82) is 0 Å². The van der Waals surface area contributed by atoms with Crippen molar-refractivity contribution in [2.45, 2.75) is 18.7 Å². The monoisotopic (exact) mass is 563 g/mol. The van der Waals surface area contributed by atoms with Gasteiger partial charge in [-0.2, -0.15) is 5.10 Å². The SMILES string of the molecule is COc1ccc(-n2c(SCC(=O)N/N=C/c3ccc(OCc4ccccc4)cc3)nnc2-c2ccc(C)cc2)cc1. The maximum absolute atomic E-state index is 12.6. The molecule has 0 atom stereocenters. The van der Waals surface area contributed by atoms with Crippen molar-refractivity contribution in [3.8, 4) is 28.6 Å². The molecule has 0 aliphatic heterocycles. The number of hydrazone groups is 1. The fourth-order valence-corrected chi connectivity index (χ4v) is 4.69. The lowest BCUT2D eigenvalue weighted by Gasteiger charge is -2.11. The number of ether oxygens (including phenoxy) is 2. The molecule has 0 radical (unpaired) electrons. The molecule has 0 aliphatic carbocycles. The zero-order valence-corrected chi connectivity index (χ0v) is 23.5. The first-order valence-electron chi connectivity index (χ1n) is 13.0. The Bertz CT molecular complexity index is 1600. The summed E-state index contributed by atoms with van der Waals surface area (Å²) < 4.78 is 13.1. The third-order valence-corrected chi connectivity index (χ3v) is 7.07. The second-order valence-corrected chi connectivity index (χ2v) is 10.1. The van der Waals surface area contributed by atoms with Crippen molar-refractivity contribution >= 4 is 23.9 Å². The van der Waals surface area contributed by atoms with E-state index in [9.17, 15) is 4.79 Å². The first-order chi connectivity index (χ1) is 20.1. The molecule has 0 bridgehead atoms. The number of rotatable bonds is 11. The Kier molecular flexibility index (Phi) is 9.08. The number of hydrogen-bond acceptors (Lipinski definition) is 7. The zero-order valence-electron chi connectivity index (χ0n) is 22.7. The summed E-state index contributed by atoms with van der Waals surface area (Å²) in [6.07, 6.45) is 1.60. The van der Waals surface area contributed by atoms with E-state index in [1.807, 2.05) is 115 Å². The molecule has 206 valence electrons. The maximum Gasteiger partial charge on any atom is 0.250 e. The quantitative estimate of drug-likeness (QED) is 0.119. The summed E-state index contributed by atoms with van der Waals surface area (Å²) in [5.41, 5.74) is 7.48. The van der Waals surface area contributed by atoms with Gasteiger partial charge in [-0.1, -0.05) is 71.9 Å². The Morgan fingerprint density at radius 1 is 0.902 bits per heavy atom. The second kappa shape index (κ2) is 13.5. The average Bonchev–Trinajstić information content (AvgIpc) is 3.44. The first-order valence-corrected chi connectivity index (χ1v) is 14.0. The molecule has 1 amide bonds. The van der Waals surface area contributed by atoms with Crippen LogP contribution in [0.15, 0.2) is 113 Å². The smallest absolute Gasteiger partial charge is 0.250 e. The van der Waals surface area contributed by atoms with Gasteiger partial charge in [0.15, 0.2) is 11.0 Å². The first kappa shape index (κ1) is 27.7. The largest absolute Gasteiger partial charge is 0.497 e. The van der Waals surface area contributed by atoms with Crippen molar-refractivity contribution in [1.82, 2.24) is 20.2 Å². The summed E-state index contributed by atoms with van der Waals surface area (Å²) in [5, 5.41) is 13.5. The minimum absolute atomic E-state index is 0.117. The van der Waals surface area contributed by atoms with Crippen molar-refractivity contribution in [3.63, 3.8) is 0 Å². The van der Waals surface area contributed by atoms with Crippen LogP contribution in [-0.4, -0.2) is 39.7 Å². The average molecular weight is 564 g/mol. The van der Waals surface area contributed by atoms with Gasteiger partial charge in [-0.15, -0.1) is 10.2 Å².